The van der Waals surface area contributed by atoms with Gasteiger partial charge in [0, 0.05) is 17.8 Å². The van der Waals surface area contributed by atoms with E-state index in [1.165, 1.54) is 6.20 Å². The number of nitrogens with one attached hydrogen (secondary N) is 2. The Morgan fingerprint density at radius 3 is 2.28 bits per heavy atom. The van der Waals surface area contributed by atoms with Crippen LogP contribution in [0.5, 0.6) is 23.0 Å². The van der Waals surface area contributed by atoms with E-state index < -0.39 is 0 Å². The number of aromatic nitrogens is 3. The lowest BCUT2D eigenvalue weighted by atomic mass is 10.2. The van der Waals surface area contributed by atoms with E-state index in [9.17, 15) is 0 Å². The van der Waals surface area contributed by atoms with Crippen LogP contribution in [0.3, 0.4) is 0 Å². The molecule has 152 valence electrons. The summed E-state index contributed by atoms with van der Waals surface area (Å²) in [4.78, 5) is 4.45. The molecule has 0 unspecified atom stereocenters. The molecule has 0 aliphatic heterocycles. The van der Waals surface area contributed by atoms with E-state index >= 15 is 0 Å². The molecule has 2 N–H and O–H groups in total. The predicted molar refractivity (Wildman–Crippen MR) is 110 cm³/mol. The lowest BCUT2D eigenvalue weighted by molar-refractivity contribution is 0.324. The monoisotopic (exact) mass is 397 g/mol. The van der Waals surface area contributed by atoms with E-state index in [4.69, 9.17) is 18.9 Å². The SMILES string of the molecule is CCOc1ccccc1Nc1nncc(Nc2cc(OC)c(OC)c(OC)c2)n1. The van der Waals surface area contributed by atoms with Crippen LogP contribution in [0.15, 0.2) is 42.6 Å². The fourth-order valence-corrected chi connectivity index (χ4v) is 2.69. The van der Waals surface area contributed by atoms with Crippen LogP contribution in [0.4, 0.5) is 23.1 Å². The van der Waals surface area contributed by atoms with Crippen molar-refractivity contribution in [1.82, 2.24) is 15.2 Å². The van der Waals surface area contributed by atoms with E-state index in [0.717, 1.165) is 5.69 Å². The Morgan fingerprint density at radius 1 is 0.897 bits per heavy atom. The summed E-state index contributed by atoms with van der Waals surface area (Å²) in [6, 6.07) is 11.1. The van der Waals surface area contributed by atoms with Gasteiger partial charge in [0.05, 0.1) is 39.8 Å². The molecule has 1 aromatic heterocycles. The predicted octanol–water partition coefficient (Wildman–Crippen LogP) is 3.78. The Labute approximate surface area is 169 Å². The number of para-hydroxylation sites is 2. The van der Waals surface area contributed by atoms with Gasteiger partial charge in [-0.05, 0) is 19.1 Å². The number of ether oxygens (including phenoxy) is 4. The molecular formula is C20H23N5O4. The van der Waals surface area contributed by atoms with Gasteiger partial charge in [-0.3, -0.25) is 0 Å². The zero-order chi connectivity index (χ0) is 20.6. The number of anilines is 4. The van der Waals surface area contributed by atoms with Crippen LogP contribution in [-0.4, -0.2) is 43.1 Å². The summed E-state index contributed by atoms with van der Waals surface area (Å²) in [6.07, 6.45) is 1.52. The lowest BCUT2D eigenvalue weighted by Crippen LogP contribution is -2.04. The smallest absolute Gasteiger partial charge is 0.249 e. The molecule has 0 aliphatic carbocycles. The first-order valence-electron chi connectivity index (χ1n) is 8.94. The second-order valence-electron chi connectivity index (χ2n) is 5.76. The molecule has 0 aliphatic rings. The molecule has 29 heavy (non-hydrogen) atoms. The minimum atomic E-state index is 0.328. The normalized spacial score (nSPS) is 10.2. The van der Waals surface area contributed by atoms with Crippen molar-refractivity contribution in [1.29, 1.82) is 0 Å². The largest absolute Gasteiger partial charge is 0.493 e. The molecule has 0 saturated carbocycles. The van der Waals surface area contributed by atoms with Crippen LogP contribution in [-0.2, 0) is 0 Å². The maximum Gasteiger partial charge on any atom is 0.249 e. The van der Waals surface area contributed by atoms with Crippen molar-refractivity contribution in [2.45, 2.75) is 6.92 Å². The van der Waals surface area contributed by atoms with Crippen molar-refractivity contribution in [2.75, 3.05) is 38.6 Å². The van der Waals surface area contributed by atoms with Gasteiger partial charge in [-0.15, -0.1) is 5.10 Å². The summed E-state index contributed by atoms with van der Waals surface area (Å²) in [5.41, 5.74) is 1.45. The quantitative estimate of drug-likeness (QED) is 0.558. The van der Waals surface area contributed by atoms with Gasteiger partial charge < -0.3 is 29.6 Å². The van der Waals surface area contributed by atoms with Gasteiger partial charge >= 0.3 is 0 Å². The Morgan fingerprint density at radius 2 is 1.62 bits per heavy atom. The van der Waals surface area contributed by atoms with Crippen LogP contribution >= 0.6 is 0 Å². The van der Waals surface area contributed by atoms with Crippen LogP contribution in [0.25, 0.3) is 0 Å². The van der Waals surface area contributed by atoms with E-state index in [0.29, 0.717) is 47.1 Å². The van der Waals surface area contributed by atoms with Gasteiger partial charge in [-0.1, -0.05) is 12.1 Å². The lowest BCUT2D eigenvalue weighted by Gasteiger charge is -2.15. The van der Waals surface area contributed by atoms with Gasteiger partial charge in [0.15, 0.2) is 17.3 Å². The Balaban J connectivity index is 1.84. The van der Waals surface area contributed by atoms with E-state index in [1.54, 1.807) is 33.5 Å². The van der Waals surface area contributed by atoms with Gasteiger partial charge in [0.25, 0.3) is 0 Å². The average molecular weight is 397 g/mol. The van der Waals surface area contributed by atoms with Crippen molar-refractivity contribution in [2.24, 2.45) is 0 Å². The zero-order valence-electron chi connectivity index (χ0n) is 16.7. The van der Waals surface area contributed by atoms with Crippen molar-refractivity contribution in [3.63, 3.8) is 0 Å². The van der Waals surface area contributed by atoms with Gasteiger partial charge in [0.1, 0.15) is 5.75 Å². The number of methoxy groups -OCH3 is 3. The summed E-state index contributed by atoms with van der Waals surface area (Å²) in [7, 11) is 4.68. The van der Waals surface area contributed by atoms with Crippen LogP contribution in [0.1, 0.15) is 6.92 Å². The van der Waals surface area contributed by atoms with Crippen LogP contribution in [0.2, 0.25) is 0 Å². The maximum absolute atomic E-state index is 5.61. The highest BCUT2D eigenvalue weighted by Gasteiger charge is 2.14. The van der Waals surface area contributed by atoms with Crippen molar-refractivity contribution >= 4 is 23.1 Å². The summed E-state index contributed by atoms with van der Waals surface area (Å²) in [5.74, 6) is 3.10. The minimum Gasteiger partial charge on any atom is -0.493 e. The summed E-state index contributed by atoms with van der Waals surface area (Å²) in [6.45, 7) is 2.48. The third-order valence-electron chi connectivity index (χ3n) is 3.93. The molecule has 1 heterocycles. The number of benzene rings is 2. The number of nitrogens with zero attached hydrogens (tertiary/aromatic N) is 3. The van der Waals surface area contributed by atoms with Crippen molar-refractivity contribution in [3.05, 3.63) is 42.6 Å². The molecule has 0 amide bonds. The highest BCUT2D eigenvalue weighted by Crippen LogP contribution is 2.40. The van der Waals surface area contributed by atoms with E-state index in [-0.39, 0.29) is 0 Å². The molecule has 0 bridgehead atoms. The zero-order valence-corrected chi connectivity index (χ0v) is 16.7. The molecule has 3 rings (SSSR count). The fourth-order valence-electron chi connectivity index (χ4n) is 2.69. The fraction of sp³-hybridized carbons (Fsp3) is 0.250. The first-order valence-corrected chi connectivity index (χ1v) is 8.94. The molecule has 0 saturated heterocycles. The third kappa shape index (κ3) is 4.75. The molecule has 9 nitrogen and oxygen atoms in total. The van der Waals surface area contributed by atoms with Gasteiger partial charge in [-0.2, -0.15) is 10.1 Å². The highest BCUT2D eigenvalue weighted by atomic mass is 16.5. The highest BCUT2D eigenvalue weighted by molar-refractivity contribution is 5.67. The molecule has 9 heteroatoms. The van der Waals surface area contributed by atoms with Crippen molar-refractivity contribution in [3.8, 4) is 23.0 Å². The average Bonchev–Trinajstić information content (AvgIpc) is 2.75. The second-order valence-corrected chi connectivity index (χ2v) is 5.76. The first kappa shape index (κ1) is 20.0. The Kier molecular flexibility index (Phi) is 6.51. The molecule has 0 spiro atoms. The van der Waals surface area contributed by atoms with Gasteiger partial charge in [0.2, 0.25) is 11.7 Å². The molecule has 2 aromatic carbocycles. The van der Waals surface area contributed by atoms with Crippen molar-refractivity contribution < 1.29 is 18.9 Å². The molecule has 0 fully saturated rings. The van der Waals surface area contributed by atoms with E-state index in [1.807, 2.05) is 31.2 Å². The summed E-state index contributed by atoms with van der Waals surface area (Å²) >= 11 is 0. The van der Waals surface area contributed by atoms with Crippen LogP contribution < -0.4 is 29.6 Å². The topological polar surface area (TPSA) is 99.7 Å². The Bertz CT molecular complexity index is 942. The third-order valence-corrected chi connectivity index (χ3v) is 3.93. The molecule has 0 radical (unpaired) electrons. The van der Waals surface area contributed by atoms with E-state index in [2.05, 4.69) is 25.8 Å². The molecule has 0 atom stereocenters. The molecular weight excluding hydrogens is 374 g/mol. The van der Waals surface area contributed by atoms with Crippen LogP contribution in [0, 0.1) is 0 Å². The number of hydrogen-bond acceptors (Lipinski definition) is 9. The summed E-state index contributed by atoms with van der Waals surface area (Å²) in [5, 5.41) is 14.3. The maximum atomic E-state index is 5.61. The van der Waals surface area contributed by atoms with Gasteiger partial charge in [-0.25, -0.2) is 0 Å². The summed E-state index contributed by atoms with van der Waals surface area (Å²) < 4.78 is 21.7. The number of rotatable bonds is 9. The first-order chi connectivity index (χ1) is 14.2. The standard InChI is InChI=1S/C20H23N5O4/c1-5-29-15-9-7-6-8-14(15)23-20-24-18(12-21-25-20)22-13-10-16(26-2)19(28-4)17(11-13)27-3/h6-12H,5H2,1-4H3,(H2,22,23,24,25). The molecule has 3 aromatic rings. The minimum absolute atomic E-state index is 0.328. The number of hydrogen-bond donors (Lipinski definition) is 2. The second kappa shape index (κ2) is 9.45. The Hall–Kier alpha value is -3.75.